The van der Waals surface area contributed by atoms with Crippen LogP contribution in [-0.4, -0.2) is 26.9 Å². The smallest absolute Gasteiger partial charge is 0.266 e. The predicted molar refractivity (Wildman–Crippen MR) is 126 cm³/mol. The van der Waals surface area contributed by atoms with E-state index in [1.54, 1.807) is 35.2 Å². The number of H-pyrrole nitrogens is 1. The van der Waals surface area contributed by atoms with Gasteiger partial charge in [-0.05, 0) is 67.5 Å². The minimum absolute atomic E-state index is 0.0597. The van der Waals surface area contributed by atoms with E-state index in [9.17, 15) is 14.0 Å². The average Bonchev–Trinajstić information content (AvgIpc) is 2.79. The molecule has 0 unspecified atom stereocenters. The number of carbonyl (C=O) groups is 1. The fourth-order valence-electron chi connectivity index (χ4n) is 3.71. The molecule has 0 fully saturated rings. The monoisotopic (exact) mass is 447 g/mol. The molecular weight excluding hydrogens is 425 g/mol. The van der Waals surface area contributed by atoms with E-state index in [0.29, 0.717) is 29.6 Å². The Morgan fingerprint density at radius 3 is 2.53 bits per heavy atom. The van der Waals surface area contributed by atoms with Gasteiger partial charge in [-0.3, -0.25) is 9.59 Å². The zero-order valence-corrected chi connectivity index (χ0v) is 18.6. The Morgan fingerprint density at radius 1 is 1.09 bits per heavy atom. The first-order chi connectivity index (χ1) is 15.4. The number of rotatable bonds is 5. The fourth-order valence-corrected chi connectivity index (χ4v) is 4.00. The Hall–Kier alpha value is -3.58. The summed E-state index contributed by atoms with van der Waals surface area (Å²) in [5.74, 6) is -0.690. The van der Waals surface area contributed by atoms with Gasteiger partial charge in [0.2, 0.25) is 0 Å². The molecule has 0 aliphatic carbocycles. The van der Waals surface area contributed by atoms with Crippen molar-refractivity contribution in [2.75, 3.05) is 6.54 Å². The highest BCUT2D eigenvalue weighted by molar-refractivity contribution is 7.71. The van der Waals surface area contributed by atoms with Crippen LogP contribution in [0.25, 0.3) is 16.6 Å². The molecule has 0 radical (unpaired) electrons. The second kappa shape index (κ2) is 8.88. The molecule has 4 rings (SSSR count). The summed E-state index contributed by atoms with van der Waals surface area (Å²) < 4.78 is 15.5. The molecule has 4 aromatic rings. The van der Waals surface area contributed by atoms with Crippen LogP contribution in [0.4, 0.5) is 4.39 Å². The van der Waals surface area contributed by atoms with Crippen LogP contribution in [0, 0.1) is 17.5 Å². The number of para-hydroxylation sites is 1. The second-order valence-corrected chi connectivity index (χ2v) is 7.92. The summed E-state index contributed by atoms with van der Waals surface area (Å²) in [5, 5.41) is 0.320. The van der Waals surface area contributed by atoms with Gasteiger partial charge in [0.15, 0.2) is 4.77 Å². The van der Waals surface area contributed by atoms with Gasteiger partial charge in [-0.2, -0.15) is 0 Å². The molecule has 0 saturated carbocycles. The maximum Gasteiger partial charge on any atom is 0.266 e. The van der Waals surface area contributed by atoms with Crippen LogP contribution in [0.1, 0.15) is 28.4 Å². The highest BCUT2D eigenvalue weighted by Gasteiger charge is 2.17. The third-order valence-electron chi connectivity index (χ3n) is 5.53. The maximum absolute atomic E-state index is 14.3. The summed E-state index contributed by atoms with van der Waals surface area (Å²) in [7, 11) is 0. The van der Waals surface area contributed by atoms with Gasteiger partial charge in [0.25, 0.3) is 11.5 Å². The van der Waals surface area contributed by atoms with Gasteiger partial charge < -0.3 is 9.88 Å². The first-order valence-electron chi connectivity index (χ1n) is 10.3. The molecular formula is C25H22FN3O2S. The number of hydrogen-bond donors (Lipinski definition) is 1. The van der Waals surface area contributed by atoms with Gasteiger partial charge in [0.1, 0.15) is 5.82 Å². The van der Waals surface area contributed by atoms with Crippen LogP contribution >= 0.6 is 12.2 Å². The van der Waals surface area contributed by atoms with E-state index in [4.69, 9.17) is 12.2 Å². The van der Waals surface area contributed by atoms with Crippen molar-refractivity contribution in [3.05, 3.63) is 104 Å². The summed E-state index contributed by atoms with van der Waals surface area (Å²) in [6.07, 6.45) is 0. The molecule has 1 amide bonds. The van der Waals surface area contributed by atoms with Crippen LogP contribution in [-0.2, 0) is 6.54 Å². The lowest BCUT2D eigenvalue weighted by molar-refractivity contribution is 0.0752. The molecule has 1 heterocycles. The predicted octanol–water partition coefficient (Wildman–Crippen LogP) is 5.16. The van der Waals surface area contributed by atoms with Gasteiger partial charge in [-0.25, -0.2) is 8.96 Å². The van der Waals surface area contributed by atoms with E-state index in [2.05, 4.69) is 4.98 Å². The normalized spacial score (nSPS) is 11.0. The van der Waals surface area contributed by atoms with E-state index in [0.717, 1.165) is 15.7 Å². The Morgan fingerprint density at radius 2 is 1.81 bits per heavy atom. The van der Waals surface area contributed by atoms with Gasteiger partial charge in [0.05, 0.1) is 16.6 Å². The Labute approximate surface area is 189 Å². The number of carbonyl (C=O) groups excluding carboxylic acids is 1. The Kier molecular flexibility index (Phi) is 6.01. The molecule has 7 heteroatoms. The molecule has 1 aromatic heterocycles. The molecule has 5 nitrogen and oxygen atoms in total. The van der Waals surface area contributed by atoms with Crippen molar-refractivity contribution in [2.45, 2.75) is 20.4 Å². The van der Waals surface area contributed by atoms with Crippen LogP contribution < -0.4 is 5.56 Å². The number of hydrogen-bond acceptors (Lipinski definition) is 3. The first kappa shape index (κ1) is 21.6. The average molecular weight is 448 g/mol. The Balaban J connectivity index is 1.74. The number of aromatic nitrogens is 2. The van der Waals surface area contributed by atoms with Gasteiger partial charge in [0, 0.05) is 18.7 Å². The second-order valence-electron chi connectivity index (χ2n) is 7.53. The number of aryl methyl sites for hydroxylation is 1. The van der Waals surface area contributed by atoms with Gasteiger partial charge in [-0.15, -0.1) is 0 Å². The summed E-state index contributed by atoms with van der Waals surface area (Å²) in [4.78, 5) is 31.0. The number of amides is 1. The molecule has 0 aliphatic heterocycles. The van der Waals surface area contributed by atoms with E-state index in [1.165, 1.54) is 12.1 Å². The molecule has 162 valence electrons. The fraction of sp³-hybridized carbons (Fsp3) is 0.160. The summed E-state index contributed by atoms with van der Waals surface area (Å²) in [6.45, 7) is 4.98. The van der Waals surface area contributed by atoms with Gasteiger partial charge in [-0.1, -0.05) is 36.4 Å². The summed E-state index contributed by atoms with van der Waals surface area (Å²) in [5.41, 5.74) is 2.72. The van der Waals surface area contributed by atoms with Crippen molar-refractivity contribution in [3.63, 3.8) is 0 Å². The van der Waals surface area contributed by atoms with Crippen molar-refractivity contribution in [1.29, 1.82) is 0 Å². The lowest BCUT2D eigenvalue weighted by Crippen LogP contribution is -2.30. The lowest BCUT2D eigenvalue weighted by Gasteiger charge is -2.22. The number of benzene rings is 3. The third kappa shape index (κ3) is 3.99. The minimum Gasteiger partial charge on any atom is -0.335 e. The number of halogens is 1. The van der Waals surface area contributed by atoms with E-state index in [-0.39, 0.29) is 16.4 Å². The molecule has 0 spiro atoms. The molecule has 0 atom stereocenters. The molecule has 0 saturated heterocycles. The maximum atomic E-state index is 14.3. The van der Waals surface area contributed by atoms with Crippen molar-refractivity contribution in [1.82, 2.24) is 14.5 Å². The molecule has 3 aromatic carbocycles. The molecule has 0 bridgehead atoms. The van der Waals surface area contributed by atoms with Crippen LogP contribution in [0.2, 0.25) is 0 Å². The highest BCUT2D eigenvalue weighted by atomic mass is 32.1. The number of fused-ring (bicyclic) bond motifs is 1. The molecule has 32 heavy (non-hydrogen) atoms. The Bertz CT molecular complexity index is 1440. The largest absolute Gasteiger partial charge is 0.335 e. The lowest BCUT2D eigenvalue weighted by atomic mass is 10.1. The first-order valence-corrected chi connectivity index (χ1v) is 10.7. The highest BCUT2D eigenvalue weighted by Crippen LogP contribution is 2.18. The van der Waals surface area contributed by atoms with Crippen molar-refractivity contribution < 1.29 is 9.18 Å². The number of nitrogens with one attached hydrogen (secondary N) is 1. The van der Waals surface area contributed by atoms with E-state index in [1.807, 2.05) is 38.1 Å². The molecule has 1 N–H and O–H groups in total. The number of nitrogens with zero attached hydrogens (tertiary/aromatic N) is 2. The SMILES string of the molecule is CCN(Cc1ccccc1C)C(=O)c1ccc2c(=O)n(-c3ccccc3F)c(=S)[nH]c2c1. The van der Waals surface area contributed by atoms with E-state index >= 15 is 0 Å². The number of aromatic amines is 1. The standard InChI is InChI=1S/C25H22FN3O2S/c1-3-28(15-18-9-5-4-8-16(18)2)23(30)17-12-13-19-21(14-17)27-25(32)29(24(19)31)22-11-7-6-10-20(22)26/h4-14H,3,15H2,1-2H3,(H,27,32). The third-order valence-corrected chi connectivity index (χ3v) is 5.81. The topological polar surface area (TPSA) is 58.1 Å². The van der Waals surface area contributed by atoms with Crippen molar-refractivity contribution in [2.24, 2.45) is 0 Å². The van der Waals surface area contributed by atoms with Crippen LogP contribution in [0.15, 0.2) is 71.5 Å². The minimum atomic E-state index is -0.546. The quantitative estimate of drug-likeness (QED) is 0.430. The van der Waals surface area contributed by atoms with Crippen molar-refractivity contribution >= 4 is 29.0 Å². The van der Waals surface area contributed by atoms with E-state index < -0.39 is 11.4 Å². The zero-order valence-electron chi connectivity index (χ0n) is 17.8. The van der Waals surface area contributed by atoms with Crippen LogP contribution in [0.5, 0.6) is 0 Å². The zero-order chi connectivity index (χ0) is 22.8. The van der Waals surface area contributed by atoms with Gasteiger partial charge >= 0.3 is 0 Å². The van der Waals surface area contributed by atoms with Crippen molar-refractivity contribution in [3.8, 4) is 5.69 Å². The summed E-state index contributed by atoms with van der Waals surface area (Å²) >= 11 is 5.34. The summed E-state index contributed by atoms with van der Waals surface area (Å²) in [6, 6.07) is 18.7. The molecule has 0 aliphatic rings. The van der Waals surface area contributed by atoms with Crippen LogP contribution in [0.3, 0.4) is 0 Å².